The molecular weight excluding hydrogens is 196 g/mol. The second kappa shape index (κ2) is 3.05. The van der Waals surface area contributed by atoms with Gasteiger partial charge in [0.05, 0.1) is 6.10 Å². The lowest BCUT2D eigenvalue weighted by atomic mass is 9.70. The Morgan fingerprint density at radius 2 is 2.14 bits per heavy atom. The molecule has 0 aromatic carbocycles. The first-order valence-corrected chi connectivity index (χ1v) is 7.11. The van der Waals surface area contributed by atoms with E-state index in [0.29, 0.717) is 11.7 Å². The molecule has 0 spiro atoms. The van der Waals surface area contributed by atoms with E-state index in [-0.39, 0.29) is 16.9 Å². The van der Waals surface area contributed by atoms with Gasteiger partial charge in [-0.25, -0.2) is 0 Å². The minimum atomic E-state index is -0.795. The molecule has 3 heteroatoms. The third-order valence-corrected chi connectivity index (χ3v) is 5.77. The van der Waals surface area contributed by atoms with Gasteiger partial charge in [0.25, 0.3) is 0 Å². The summed E-state index contributed by atoms with van der Waals surface area (Å²) in [5.41, 5.74) is 0.120. The predicted octanol–water partition coefficient (Wildman–Crippen LogP) is 1.55. The molecule has 2 rings (SSSR count). The molecule has 2 aliphatic rings. The van der Waals surface area contributed by atoms with Crippen molar-refractivity contribution in [2.75, 3.05) is 12.0 Å². The summed E-state index contributed by atoms with van der Waals surface area (Å²) in [6, 6.07) is 0. The second-order valence-corrected chi connectivity index (χ2v) is 7.02. The Labute approximate surface area is 88.5 Å². The lowest BCUT2D eigenvalue weighted by molar-refractivity contribution is 0.0161. The lowest BCUT2D eigenvalue weighted by Gasteiger charge is -2.39. The van der Waals surface area contributed by atoms with Crippen LogP contribution < -0.4 is 0 Å². The van der Waals surface area contributed by atoms with Crippen LogP contribution in [0.25, 0.3) is 0 Å². The first kappa shape index (κ1) is 10.6. The van der Waals surface area contributed by atoms with E-state index in [9.17, 15) is 9.32 Å². The SMILES string of the molecule is CS(=O)C[C@]12CC[C@H](C[C@H]1O)C2(C)C. The summed E-state index contributed by atoms with van der Waals surface area (Å²) in [4.78, 5) is 0. The zero-order valence-electron chi connectivity index (χ0n) is 9.25. The fraction of sp³-hybridized carbons (Fsp3) is 1.00. The summed E-state index contributed by atoms with van der Waals surface area (Å²) in [7, 11) is -0.795. The van der Waals surface area contributed by atoms with Gasteiger partial charge in [-0.3, -0.25) is 4.21 Å². The second-order valence-electron chi connectivity index (χ2n) is 5.58. The third kappa shape index (κ3) is 1.15. The van der Waals surface area contributed by atoms with Crippen molar-refractivity contribution in [1.82, 2.24) is 0 Å². The maximum absolute atomic E-state index is 11.4. The number of aliphatic hydroxyl groups excluding tert-OH is 1. The average Bonchev–Trinajstić information content (AvgIpc) is 2.36. The van der Waals surface area contributed by atoms with Crippen molar-refractivity contribution in [3.05, 3.63) is 0 Å². The Morgan fingerprint density at radius 1 is 1.50 bits per heavy atom. The van der Waals surface area contributed by atoms with Crippen LogP contribution >= 0.6 is 0 Å². The van der Waals surface area contributed by atoms with Crippen LogP contribution in [0, 0.1) is 16.7 Å². The van der Waals surface area contributed by atoms with Gasteiger partial charge >= 0.3 is 0 Å². The molecule has 0 amide bonds. The van der Waals surface area contributed by atoms with Gasteiger partial charge in [-0.2, -0.15) is 0 Å². The van der Waals surface area contributed by atoms with Crippen LogP contribution in [0.4, 0.5) is 0 Å². The van der Waals surface area contributed by atoms with Gasteiger partial charge in [-0.15, -0.1) is 0 Å². The highest BCUT2D eigenvalue weighted by atomic mass is 32.2. The predicted molar refractivity (Wildman–Crippen MR) is 58.5 cm³/mol. The van der Waals surface area contributed by atoms with Crippen molar-refractivity contribution in [3.8, 4) is 0 Å². The molecule has 0 aromatic rings. The van der Waals surface area contributed by atoms with Gasteiger partial charge in [0.15, 0.2) is 0 Å². The van der Waals surface area contributed by atoms with Gasteiger partial charge in [-0.05, 0) is 30.6 Å². The normalized spacial score (nSPS) is 46.9. The summed E-state index contributed by atoms with van der Waals surface area (Å²) in [5.74, 6) is 1.32. The van der Waals surface area contributed by atoms with Crippen LogP contribution in [0.2, 0.25) is 0 Å². The van der Waals surface area contributed by atoms with Crippen LogP contribution in [0.3, 0.4) is 0 Å². The molecule has 0 aromatic heterocycles. The van der Waals surface area contributed by atoms with E-state index < -0.39 is 10.8 Å². The molecular formula is C11H20O2S. The molecule has 0 saturated heterocycles. The summed E-state index contributed by atoms with van der Waals surface area (Å²) in [6.07, 6.45) is 4.72. The van der Waals surface area contributed by atoms with E-state index in [0.717, 1.165) is 12.8 Å². The lowest BCUT2D eigenvalue weighted by Crippen LogP contribution is -2.43. The van der Waals surface area contributed by atoms with Crippen LogP contribution in [-0.4, -0.2) is 27.4 Å². The molecule has 2 bridgehead atoms. The number of hydrogen-bond donors (Lipinski definition) is 1. The molecule has 2 nitrogen and oxygen atoms in total. The van der Waals surface area contributed by atoms with Crippen molar-refractivity contribution in [2.24, 2.45) is 16.7 Å². The van der Waals surface area contributed by atoms with Crippen molar-refractivity contribution in [3.63, 3.8) is 0 Å². The van der Waals surface area contributed by atoms with Crippen molar-refractivity contribution < 1.29 is 9.32 Å². The number of hydrogen-bond acceptors (Lipinski definition) is 2. The molecule has 2 saturated carbocycles. The molecule has 1 N–H and O–H groups in total. The Bertz CT molecular complexity index is 274. The van der Waals surface area contributed by atoms with Gasteiger partial charge in [-0.1, -0.05) is 13.8 Å². The summed E-state index contributed by atoms with van der Waals surface area (Å²) in [6.45, 7) is 4.49. The fourth-order valence-electron chi connectivity index (χ4n) is 3.74. The van der Waals surface area contributed by atoms with Crippen molar-refractivity contribution >= 4 is 10.8 Å². The molecule has 14 heavy (non-hydrogen) atoms. The molecule has 0 radical (unpaired) electrons. The van der Waals surface area contributed by atoms with E-state index in [2.05, 4.69) is 13.8 Å². The van der Waals surface area contributed by atoms with E-state index in [1.807, 2.05) is 0 Å². The Morgan fingerprint density at radius 3 is 2.50 bits per heavy atom. The number of aliphatic hydroxyl groups is 1. The molecule has 0 heterocycles. The van der Waals surface area contributed by atoms with Gasteiger partial charge in [0.2, 0.25) is 0 Å². The molecule has 2 aliphatic carbocycles. The first-order valence-electron chi connectivity index (χ1n) is 5.38. The smallest absolute Gasteiger partial charge is 0.0613 e. The monoisotopic (exact) mass is 216 g/mol. The van der Waals surface area contributed by atoms with E-state index in [4.69, 9.17) is 0 Å². The van der Waals surface area contributed by atoms with Crippen molar-refractivity contribution in [1.29, 1.82) is 0 Å². The van der Waals surface area contributed by atoms with E-state index >= 15 is 0 Å². The van der Waals surface area contributed by atoms with Crippen LogP contribution in [0.5, 0.6) is 0 Å². The molecule has 2 fully saturated rings. The third-order valence-electron chi connectivity index (χ3n) is 4.85. The Hall–Kier alpha value is 0.110. The standard InChI is InChI=1S/C11H20O2S/c1-10(2)8-4-5-11(10,7-14(3)13)9(12)6-8/h8-9,12H,4-7H2,1-3H3/t8-,9-,11-,14?/m1/s1. The number of fused-ring (bicyclic) bond motifs is 2. The maximum atomic E-state index is 11.4. The largest absolute Gasteiger partial charge is 0.392 e. The van der Waals surface area contributed by atoms with Crippen LogP contribution in [0.15, 0.2) is 0 Å². The van der Waals surface area contributed by atoms with Gasteiger partial charge in [0, 0.05) is 28.2 Å². The first-order chi connectivity index (χ1) is 6.40. The summed E-state index contributed by atoms with van der Waals surface area (Å²) in [5, 5.41) is 10.1. The molecule has 1 unspecified atom stereocenters. The van der Waals surface area contributed by atoms with E-state index in [1.54, 1.807) is 6.26 Å². The summed E-state index contributed by atoms with van der Waals surface area (Å²) >= 11 is 0. The highest BCUT2D eigenvalue weighted by Crippen LogP contribution is 2.65. The quantitative estimate of drug-likeness (QED) is 0.760. The highest BCUT2D eigenvalue weighted by molar-refractivity contribution is 7.84. The van der Waals surface area contributed by atoms with Crippen LogP contribution in [0.1, 0.15) is 33.1 Å². The highest BCUT2D eigenvalue weighted by Gasteiger charge is 2.63. The molecule has 4 atom stereocenters. The Balaban J connectivity index is 2.34. The van der Waals surface area contributed by atoms with Gasteiger partial charge < -0.3 is 5.11 Å². The van der Waals surface area contributed by atoms with Gasteiger partial charge in [0.1, 0.15) is 0 Å². The van der Waals surface area contributed by atoms with Crippen LogP contribution in [-0.2, 0) is 10.8 Å². The topological polar surface area (TPSA) is 37.3 Å². The minimum Gasteiger partial charge on any atom is -0.392 e. The zero-order chi connectivity index (χ0) is 10.6. The Kier molecular flexibility index (Phi) is 2.31. The fourth-order valence-corrected chi connectivity index (χ4v) is 5.18. The summed E-state index contributed by atoms with van der Waals surface area (Å²) < 4.78 is 11.4. The average molecular weight is 216 g/mol. The van der Waals surface area contributed by atoms with E-state index in [1.165, 1.54) is 6.42 Å². The number of rotatable bonds is 2. The minimum absolute atomic E-state index is 0.0583. The molecule has 0 aliphatic heterocycles. The zero-order valence-corrected chi connectivity index (χ0v) is 10.1. The maximum Gasteiger partial charge on any atom is 0.0613 e. The van der Waals surface area contributed by atoms with Crippen molar-refractivity contribution in [2.45, 2.75) is 39.2 Å². The molecule has 82 valence electrons.